The van der Waals surface area contributed by atoms with E-state index in [0.717, 1.165) is 19.4 Å². The number of carboxylic acid groups (broad SMARTS) is 1. The normalized spacial score (nSPS) is 14.8. The zero-order valence-corrected chi connectivity index (χ0v) is 13.6. The van der Waals surface area contributed by atoms with Gasteiger partial charge in [0.05, 0.1) is 0 Å². The van der Waals surface area contributed by atoms with Crippen molar-refractivity contribution in [1.82, 2.24) is 15.1 Å². The molecule has 0 aromatic rings. The van der Waals surface area contributed by atoms with Crippen LogP contribution in [0.4, 0.5) is 4.79 Å². The highest BCUT2D eigenvalue weighted by atomic mass is 16.4. The number of carboxylic acids is 1. The molecule has 0 atom stereocenters. The van der Waals surface area contributed by atoms with Crippen molar-refractivity contribution in [2.24, 2.45) is 5.92 Å². The predicted molar refractivity (Wildman–Crippen MR) is 82.3 cm³/mol. The highest BCUT2D eigenvalue weighted by Gasteiger charge is 2.27. The van der Waals surface area contributed by atoms with Crippen molar-refractivity contribution >= 4 is 12.0 Å². The molecule has 0 spiro atoms. The molecule has 122 valence electrons. The number of hydrogen-bond acceptors (Lipinski definition) is 3. The maximum atomic E-state index is 12.1. The molecule has 0 radical (unpaired) electrons. The molecule has 0 saturated heterocycles. The molecule has 1 fully saturated rings. The molecule has 0 aliphatic heterocycles. The average Bonchev–Trinajstić information content (AvgIpc) is 3.15. The van der Waals surface area contributed by atoms with E-state index in [1.165, 1.54) is 4.90 Å². The molecule has 21 heavy (non-hydrogen) atoms. The summed E-state index contributed by atoms with van der Waals surface area (Å²) in [5.74, 6) is -0.477. The van der Waals surface area contributed by atoms with E-state index in [-0.39, 0.29) is 12.6 Å². The first-order chi connectivity index (χ1) is 9.81. The molecule has 6 heteroatoms. The Hall–Kier alpha value is -1.30. The minimum absolute atomic E-state index is 0.222. The first kappa shape index (κ1) is 17.8. The molecule has 0 heterocycles. The summed E-state index contributed by atoms with van der Waals surface area (Å²) in [4.78, 5) is 26.6. The summed E-state index contributed by atoms with van der Waals surface area (Å²) in [6.07, 6.45) is 2.19. The topological polar surface area (TPSA) is 72.9 Å². The first-order valence-electron chi connectivity index (χ1n) is 7.81. The van der Waals surface area contributed by atoms with E-state index >= 15 is 0 Å². The van der Waals surface area contributed by atoms with Crippen molar-refractivity contribution < 1.29 is 14.7 Å². The number of carbonyl (C=O) groups is 2. The summed E-state index contributed by atoms with van der Waals surface area (Å²) in [5, 5.41) is 11.7. The number of hydrogen-bond donors (Lipinski definition) is 2. The number of carbonyl (C=O) groups excluding carboxylic acids is 1. The molecule has 6 nitrogen and oxygen atoms in total. The van der Waals surface area contributed by atoms with Crippen LogP contribution in [-0.4, -0.2) is 65.2 Å². The van der Waals surface area contributed by atoms with E-state index < -0.39 is 5.97 Å². The van der Waals surface area contributed by atoms with Gasteiger partial charge in [-0.2, -0.15) is 0 Å². The van der Waals surface area contributed by atoms with Gasteiger partial charge in [-0.15, -0.1) is 0 Å². The highest BCUT2D eigenvalue weighted by molar-refractivity contribution is 5.80. The van der Waals surface area contributed by atoms with Gasteiger partial charge in [-0.1, -0.05) is 0 Å². The summed E-state index contributed by atoms with van der Waals surface area (Å²) in [6.45, 7) is 10.2. The van der Waals surface area contributed by atoms with Gasteiger partial charge in [0, 0.05) is 31.7 Å². The molecule has 0 unspecified atom stereocenters. The molecule has 0 aromatic carbocycles. The summed E-state index contributed by atoms with van der Waals surface area (Å²) < 4.78 is 0. The van der Waals surface area contributed by atoms with Gasteiger partial charge in [-0.05, 0) is 46.5 Å². The zero-order chi connectivity index (χ0) is 16.0. The van der Waals surface area contributed by atoms with Crippen molar-refractivity contribution in [1.29, 1.82) is 0 Å². The number of nitrogens with one attached hydrogen (secondary N) is 1. The van der Waals surface area contributed by atoms with Crippen LogP contribution in [0, 0.1) is 5.92 Å². The fourth-order valence-corrected chi connectivity index (χ4v) is 2.51. The van der Waals surface area contributed by atoms with Gasteiger partial charge in [-0.25, -0.2) is 4.79 Å². The standard InChI is InChI=1S/C15H29N3O3/c1-11(2)18(12(3)4)8-7-16-15(21)17(10-14(19)20)9-13-5-6-13/h11-13H,5-10H2,1-4H3,(H,16,21)(H,19,20). The van der Waals surface area contributed by atoms with Crippen LogP contribution in [0.5, 0.6) is 0 Å². The van der Waals surface area contributed by atoms with Crippen molar-refractivity contribution in [2.75, 3.05) is 26.2 Å². The Balaban J connectivity index is 2.39. The maximum absolute atomic E-state index is 12.1. The fourth-order valence-electron chi connectivity index (χ4n) is 2.51. The second-order valence-electron chi connectivity index (χ2n) is 6.37. The van der Waals surface area contributed by atoms with Crippen LogP contribution in [0.3, 0.4) is 0 Å². The van der Waals surface area contributed by atoms with Gasteiger partial charge in [-0.3, -0.25) is 9.69 Å². The number of aliphatic carboxylic acids is 1. The Morgan fingerprint density at radius 2 is 1.76 bits per heavy atom. The van der Waals surface area contributed by atoms with E-state index in [1.807, 2.05) is 0 Å². The highest BCUT2D eigenvalue weighted by Crippen LogP contribution is 2.29. The molecule has 0 bridgehead atoms. The largest absolute Gasteiger partial charge is 0.480 e. The Morgan fingerprint density at radius 1 is 1.19 bits per heavy atom. The molecule has 1 rings (SSSR count). The second-order valence-corrected chi connectivity index (χ2v) is 6.37. The lowest BCUT2D eigenvalue weighted by molar-refractivity contribution is -0.137. The van der Waals surface area contributed by atoms with Crippen LogP contribution in [0.2, 0.25) is 0 Å². The fraction of sp³-hybridized carbons (Fsp3) is 0.867. The predicted octanol–water partition coefficient (Wildman–Crippen LogP) is 1.61. The van der Waals surface area contributed by atoms with E-state index in [9.17, 15) is 9.59 Å². The van der Waals surface area contributed by atoms with Gasteiger partial charge in [0.15, 0.2) is 0 Å². The third-order valence-corrected chi connectivity index (χ3v) is 3.76. The summed E-state index contributed by atoms with van der Waals surface area (Å²) in [6, 6.07) is 0.573. The Bertz CT molecular complexity index is 346. The minimum Gasteiger partial charge on any atom is -0.480 e. The summed E-state index contributed by atoms with van der Waals surface area (Å²) in [7, 11) is 0. The van der Waals surface area contributed by atoms with E-state index in [4.69, 9.17) is 5.11 Å². The molecule has 1 aliphatic rings. The van der Waals surface area contributed by atoms with Gasteiger partial charge in [0.25, 0.3) is 0 Å². The van der Waals surface area contributed by atoms with E-state index in [2.05, 4.69) is 37.9 Å². The number of rotatable bonds is 9. The van der Waals surface area contributed by atoms with Crippen LogP contribution in [0.25, 0.3) is 0 Å². The minimum atomic E-state index is -0.961. The van der Waals surface area contributed by atoms with Gasteiger partial charge >= 0.3 is 12.0 Å². The van der Waals surface area contributed by atoms with Crippen molar-refractivity contribution in [3.63, 3.8) is 0 Å². The van der Waals surface area contributed by atoms with Crippen molar-refractivity contribution in [2.45, 2.75) is 52.6 Å². The third kappa shape index (κ3) is 6.80. The van der Waals surface area contributed by atoms with E-state index in [1.54, 1.807) is 0 Å². The molecule has 1 aliphatic carbocycles. The first-order valence-corrected chi connectivity index (χ1v) is 7.81. The van der Waals surface area contributed by atoms with Crippen molar-refractivity contribution in [3.05, 3.63) is 0 Å². The molecule has 2 amide bonds. The van der Waals surface area contributed by atoms with Gasteiger partial charge in [0.1, 0.15) is 6.54 Å². The van der Waals surface area contributed by atoms with Gasteiger partial charge < -0.3 is 15.3 Å². The lowest BCUT2D eigenvalue weighted by Crippen LogP contribution is -2.47. The van der Waals surface area contributed by atoms with Crippen LogP contribution in [0.15, 0.2) is 0 Å². The van der Waals surface area contributed by atoms with E-state index in [0.29, 0.717) is 31.1 Å². The second kappa shape index (κ2) is 8.22. The average molecular weight is 299 g/mol. The van der Waals surface area contributed by atoms with Crippen LogP contribution >= 0.6 is 0 Å². The monoisotopic (exact) mass is 299 g/mol. The Labute approximate surface area is 127 Å². The number of urea groups is 1. The van der Waals surface area contributed by atoms with Crippen LogP contribution in [-0.2, 0) is 4.79 Å². The molecule has 2 N–H and O–H groups in total. The maximum Gasteiger partial charge on any atom is 0.323 e. The van der Waals surface area contributed by atoms with Crippen LogP contribution in [0.1, 0.15) is 40.5 Å². The Morgan fingerprint density at radius 3 is 2.19 bits per heavy atom. The number of amides is 2. The quantitative estimate of drug-likeness (QED) is 0.678. The smallest absolute Gasteiger partial charge is 0.323 e. The SMILES string of the molecule is CC(C)N(CCNC(=O)N(CC(=O)O)CC1CC1)C(C)C. The lowest BCUT2D eigenvalue weighted by atomic mass is 10.2. The molecule has 1 saturated carbocycles. The molecular formula is C15H29N3O3. The zero-order valence-electron chi connectivity index (χ0n) is 13.6. The number of nitrogens with zero attached hydrogens (tertiary/aromatic N) is 2. The van der Waals surface area contributed by atoms with Crippen LogP contribution < -0.4 is 5.32 Å². The summed E-state index contributed by atoms with van der Waals surface area (Å²) in [5.41, 5.74) is 0. The lowest BCUT2D eigenvalue weighted by Gasteiger charge is -2.31. The summed E-state index contributed by atoms with van der Waals surface area (Å²) >= 11 is 0. The van der Waals surface area contributed by atoms with Gasteiger partial charge in [0.2, 0.25) is 0 Å². The Kier molecular flexibility index (Phi) is 6.95. The third-order valence-electron chi connectivity index (χ3n) is 3.76. The molecular weight excluding hydrogens is 270 g/mol. The molecule has 0 aromatic heterocycles. The van der Waals surface area contributed by atoms with Crippen molar-refractivity contribution in [3.8, 4) is 0 Å².